The third-order valence-corrected chi connectivity index (χ3v) is 2.71. The number of carbonyl (C=O) groups is 1. The van der Waals surface area contributed by atoms with E-state index in [0.29, 0.717) is 6.61 Å². The van der Waals surface area contributed by atoms with Gasteiger partial charge in [-0.05, 0) is 48.1 Å². The third kappa shape index (κ3) is 7.83. The van der Waals surface area contributed by atoms with Crippen LogP contribution in [0.4, 0.5) is 0 Å². The normalized spacial score (nSPS) is 11.8. The molecule has 0 spiro atoms. The quantitative estimate of drug-likeness (QED) is 0.764. The van der Waals surface area contributed by atoms with Gasteiger partial charge in [0.05, 0.1) is 0 Å². The third-order valence-electron chi connectivity index (χ3n) is 2.71. The molecule has 0 aromatic heterocycles. The smallest absolute Gasteiger partial charge is 0.160 e. The Bertz CT molecular complexity index is 198. The van der Waals surface area contributed by atoms with E-state index in [4.69, 9.17) is 4.74 Å². The van der Waals surface area contributed by atoms with Gasteiger partial charge in [0.1, 0.15) is 5.60 Å². The average Bonchev–Trinajstić information content (AvgIpc) is 2.20. The molecule has 0 aliphatic heterocycles. The molecular weight excluding hydrogens is 202 g/mol. The Labute approximate surface area is 101 Å². The first-order valence-corrected chi connectivity index (χ1v) is 6.05. The maximum absolute atomic E-state index is 11.1. The van der Waals surface area contributed by atoms with Gasteiger partial charge < -0.3 is 10.1 Å². The van der Waals surface area contributed by atoms with Crippen molar-refractivity contribution in [2.45, 2.75) is 66.0 Å². The predicted molar refractivity (Wildman–Crippen MR) is 69.8 cm³/mol. The highest BCUT2D eigenvalue weighted by Crippen LogP contribution is 2.14. The lowest BCUT2D eigenvalue weighted by Gasteiger charge is -2.27. The number of rotatable bonds is 6. The van der Waals surface area contributed by atoms with Gasteiger partial charge in [0.2, 0.25) is 0 Å². The molecule has 0 fully saturated rings. The molecule has 0 aromatic carbocycles. The highest BCUT2D eigenvalue weighted by atomic mass is 16.5. The predicted octanol–water partition coefficient (Wildman–Crippen LogP) is 2.78. The molecule has 0 heterocycles. The van der Waals surface area contributed by atoms with Crippen molar-refractivity contribution in [2.24, 2.45) is 0 Å². The molecule has 0 unspecified atom stereocenters. The zero-order chi connectivity index (χ0) is 13.4. The van der Waals surface area contributed by atoms with Gasteiger partial charge in [-0.15, -0.1) is 0 Å². The van der Waals surface area contributed by atoms with E-state index in [0.717, 1.165) is 6.42 Å². The summed E-state index contributed by atoms with van der Waals surface area (Å²) in [5, 5.41) is 3.19. The van der Waals surface area contributed by atoms with Crippen LogP contribution in [0.2, 0.25) is 0 Å². The first-order valence-electron chi connectivity index (χ1n) is 6.05. The Morgan fingerprint density at radius 1 is 1.19 bits per heavy atom. The fourth-order valence-corrected chi connectivity index (χ4v) is 0.788. The van der Waals surface area contributed by atoms with E-state index in [1.165, 1.54) is 0 Å². The monoisotopic (exact) mass is 231 g/mol. The van der Waals surface area contributed by atoms with Crippen molar-refractivity contribution in [2.75, 3.05) is 13.7 Å². The lowest BCUT2D eigenvalue weighted by atomic mass is 10.0. The lowest BCUT2D eigenvalue weighted by molar-refractivity contribution is -0.138. The van der Waals surface area contributed by atoms with E-state index in [1.54, 1.807) is 6.92 Å². The van der Waals surface area contributed by atoms with Gasteiger partial charge in [-0.3, -0.25) is 4.79 Å². The summed E-state index contributed by atoms with van der Waals surface area (Å²) in [7, 11) is 1.93. The van der Waals surface area contributed by atoms with Crippen molar-refractivity contribution in [3.05, 3.63) is 0 Å². The molecule has 98 valence electrons. The highest BCUT2D eigenvalue weighted by molar-refractivity contribution is 5.83. The van der Waals surface area contributed by atoms with Gasteiger partial charge in [0.15, 0.2) is 5.78 Å². The van der Waals surface area contributed by atoms with E-state index in [2.05, 4.69) is 19.2 Å². The molecular formula is C13H29NO2. The second kappa shape index (κ2) is 7.80. The molecule has 1 N–H and O–H groups in total. The fraction of sp³-hybridized carbons (Fsp3) is 0.923. The zero-order valence-electron chi connectivity index (χ0n) is 12.2. The Morgan fingerprint density at radius 3 is 1.94 bits per heavy atom. The molecule has 0 aliphatic carbocycles. The average molecular weight is 231 g/mol. The number of nitrogens with one attached hydrogen (secondary N) is 1. The van der Waals surface area contributed by atoms with Crippen LogP contribution in [0.15, 0.2) is 0 Å². The Hall–Kier alpha value is -0.410. The number of ketones is 1. The minimum Gasteiger partial charge on any atom is -0.368 e. The van der Waals surface area contributed by atoms with Crippen LogP contribution in [-0.4, -0.2) is 30.6 Å². The van der Waals surface area contributed by atoms with Crippen LogP contribution in [0, 0.1) is 0 Å². The SMILES string of the molecule is CC.CNC(C)(C)CCOC(C)(C)C(C)=O. The topological polar surface area (TPSA) is 38.3 Å². The van der Waals surface area contributed by atoms with Gasteiger partial charge >= 0.3 is 0 Å². The van der Waals surface area contributed by atoms with Gasteiger partial charge in [-0.2, -0.15) is 0 Å². The van der Waals surface area contributed by atoms with Crippen LogP contribution < -0.4 is 5.32 Å². The second-order valence-electron chi connectivity index (χ2n) is 4.80. The molecule has 0 radical (unpaired) electrons. The molecule has 0 saturated heterocycles. The van der Waals surface area contributed by atoms with Crippen molar-refractivity contribution in [3.8, 4) is 0 Å². The molecule has 3 heteroatoms. The number of hydrogen-bond donors (Lipinski definition) is 1. The summed E-state index contributed by atoms with van der Waals surface area (Å²) in [5.74, 6) is 0.0692. The molecule has 0 rings (SSSR count). The summed E-state index contributed by atoms with van der Waals surface area (Å²) >= 11 is 0. The molecule has 0 saturated carbocycles. The van der Waals surface area contributed by atoms with Crippen LogP contribution in [0.3, 0.4) is 0 Å². The minimum atomic E-state index is -0.649. The van der Waals surface area contributed by atoms with Crippen molar-refractivity contribution in [1.82, 2.24) is 5.32 Å². The number of Topliss-reactive ketones (excluding diaryl/α,β-unsaturated/α-hetero) is 1. The number of hydrogen-bond acceptors (Lipinski definition) is 3. The summed E-state index contributed by atoms with van der Waals surface area (Å²) in [4.78, 5) is 11.1. The van der Waals surface area contributed by atoms with Crippen molar-refractivity contribution < 1.29 is 9.53 Å². The lowest BCUT2D eigenvalue weighted by Crippen LogP contribution is -2.40. The van der Waals surface area contributed by atoms with Gasteiger partial charge in [-0.25, -0.2) is 0 Å². The summed E-state index contributed by atoms with van der Waals surface area (Å²) < 4.78 is 5.54. The molecule has 0 aromatic rings. The minimum absolute atomic E-state index is 0.0624. The fourth-order valence-electron chi connectivity index (χ4n) is 0.788. The van der Waals surface area contributed by atoms with Crippen LogP contribution >= 0.6 is 0 Å². The van der Waals surface area contributed by atoms with Crippen LogP contribution in [-0.2, 0) is 9.53 Å². The Morgan fingerprint density at radius 2 is 1.62 bits per heavy atom. The first kappa shape index (κ1) is 18.0. The Kier molecular flexibility index (Phi) is 8.76. The second-order valence-corrected chi connectivity index (χ2v) is 4.80. The van der Waals surface area contributed by atoms with Crippen LogP contribution in [0.1, 0.15) is 54.9 Å². The van der Waals surface area contributed by atoms with E-state index >= 15 is 0 Å². The van der Waals surface area contributed by atoms with Gasteiger partial charge in [0.25, 0.3) is 0 Å². The van der Waals surface area contributed by atoms with Crippen molar-refractivity contribution >= 4 is 5.78 Å². The summed E-state index contributed by atoms with van der Waals surface area (Å²) in [6.45, 7) is 14.0. The number of ether oxygens (including phenoxy) is 1. The summed E-state index contributed by atoms with van der Waals surface area (Å²) in [6.07, 6.45) is 0.889. The Balaban J connectivity index is 0. The maximum atomic E-state index is 11.1. The first-order chi connectivity index (χ1) is 7.21. The molecule has 16 heavy (non-hydrogen) atoms. The van der Waals surface area contributed by atoms with E-state index in [-0.39, 0.29) is 11.3 Å². The maximum Gasteiger partial charge on any atom is 0.160 e. The van der Waals surface area contributed by atoms with Crippen LogP contribution in [0.5, 0.6) is 0 Å². The van der Waals surface area contributed by atoms with Gasteiger partial charge in [0, 0.05) is 12.1 Å². The largest absolute Gasteiger partial charge is 0.368 e. The zero-order valence-corrected chi connectivity index (χ0v) is 12.2. The highest BCUT2D eigenvalue weighted by Gasteiger charge is 2.25. The van der Waals surface area contributed by atoms with Gasteiger partial charge in [-0.1, -0.05) is 13.8 Å². The summed E-state index contributed by atoms with van der Waals surface area (Å²) in [5.41, 5.74) is -0.587. The molecule has 0 atom stereocenters. The van der Waals surface area contributed by atoms with E-state index in [9.17, 15) is 4.79 Å². The summed E-state index contributed by atoms with van der Waals surface area (Å²) in [6, 6.07) is 0. The molecule has 0 amide bonds. The van der Waals surface area contributed by atoms with Crippen molar-refractivity contribution in [3.63, 3.8) is 0 Å². The number of carbonyl (C=O) groups excluding carboxylic acids is 1. The standard InChI is InChI=1S/C11H23NO2.C2H6/c1-9(13)11(4,5)14-8-7-10(2,3)12-6;1-2/h12H,7-8H2,1-6H3;1-2H3. The molecule has 3 nitrogen and oxygen atoms in total. The van der Waals surface area contributed by atoms with Crippen molar-refractivity contribution in [1.29, 1.82) is 0 Å². The molecule has 0 bridgehead atoms. The van der Waals surface area contributed by atoms with Crippen LogP contribution in [0.25, 0.3) is 0 Å². The van der Waals surface area contributed by atoms with E-state index in [1.807, 2.05) is 34.7 Å². The molecule has 0 aliphatic rings. The van der Waals surface area contributed by atoms with E-state index < -0.39 is 5.60 Å².